The highest BCUT2D eigenvalue weighted by molar-refractivity contribution is 8.00. The van der Waals surface area contributed by atoms with E-state index in [-0.39, 0.29) is 17.0 Å². The van der Waals surface area contributed by atoms with Gasteiger partial charge in [0, 0.05) is 11.1 Å². The summed E-state index contributed by atoms with van der Waals surface area (Å²) in [6, 6.07) is 6.60. The summed E-state index contributed by atoms with van der Waals surface area (Å²) in [5.74, 6) is -0.529. The molecule has 0 aliphatic carbocycles. The molecule has 4 nitrogen and oxygen atoms in total. The number of nitrogens with one attached hydrogen (secondary N) is 1. The number of hydrogen-bond acceptors (Lipinski definition) is 5. The largest absolute Gasteiger partial charge is 0.325 e. The lowest BCUT2D eigenvalue weighted by Gasteiger charge is -2.12. The van der Waals surface area contributed by atoms with E-state index in [0.29, 0.717) is 11.3 Å². The summed E-state index contributed by atoms with van der Waals surface area (Å²) in [4.78, 5) is 21.6. The Balaban J connectivity index is 1.72. The zero-order valence-corrected chi connectivity index (χ0v) is 14.2. The van der Waals surface area contributed by atoms with Crippen molar-refractivity contribution >= 4 is 44.9 Å². The monoisotopic (exact) mass is 347 g/mol. The highest BCUT2D eigenvalue weighted by Crippen LogP contribution is 2.30. The van der Waals surface area contributed by atoms with Gasteiger partial charge in [-0.2, -0.15) is 0 Å². The van der Waals surface area contributed by atoms with Crippen LogP contribution in [0.25, 0.3) is 10.2 Å². The van der Waals surface area contributed by atoms with E-state index in [9.17, 15) is 9.18 Å². The molecular weight excluding hydrogens is 333 g/mol. The van der Waals surface area contributed by atoms with Crippen LogP contribution < -0.4 is 5.32 Å². The Morgan fingerprint density at radius 3 is 2.96 bits per heavy atom. The molecule has 2 heterocycles. The van der Waals surface area contributed by atoms with E-state index < -0.39 is 0 Å². The second-order valence-electron chi connectivity index (χ2n) is 5.03. The van der Waals surface area contributed by atoms with Gasteiger partial charge in [-0.3, -0.25) is 4.79 Å². The summed E-state index contributed by atoms with van der Waals surface area (Å²) in [5, 5.41) is 6.04. The second-order valence-corrected chi connectivity index (χ2v) is 7.26. The van der Waals surface area contributed by atoms with Gasteiger partial charge in [0.2, 0.25) is 5.91 Å². The number of hydrogen-bond donors (Lipinski definition) is 1. The van der Waals surface area contributed by atoms with Crippen LogP contribution >= 0.6 is 23.1 Å². The van der Waals surface area contributed by atoms with Gasteiger partial charge in [-0.1, -0.05) is 17.8 Å². The van der Waals surface area contributed by atoms with Gasteiger partial charge < -0.3 is 5.32 Å². The number of nitrogens with zero attached hydrogens (tertiary/aromatic N) is 2. The van der Waals surface area contributed by atoms with Crippen molar-refractivity contribution < 1.29 is 9.18 Å². The number of aryl methyl sites for hydroxylation is 1. The van der Waals surface area contributed by atoms with Crippen LogP contribution in [0, 0.1) is 12.7 Å². The van der Waals surface area contributed by atoms with Gasteiger partial charge in [-0.25, -0.2) is 14.4 Å². The van der Waals surface area contributed by atoms with E-state index in [1.165, 1.54) is 35.5 Å². The van der Waals surface area contributed by atoms with Crippen LogP contribution in [-0.2, 0) is 4.79 Å². The van der Waals surface area contributed by atoms with Crippen molar-refractivity contribution in [3.63, 3.8) is 0 Å². The highest BCUT2D eigenvalue weighted by atomic mass is 32.2. The summed E-state index contributed by atoms with van der Waals surface area (Å²) >= 11 is 2.90. The Hall–Kier alpha value is -1.99. The molecular formula is C16H14FN3OS2. The molecule has 0 saturated heterocycles. The fourth-order valence-electron chi connectivity index (χ4n) is 2.00. The number of anilines is 1. The van der Waals surface area contributed by atoms with Gasteiger partial charge in [0.05, 0.1) is 5.25 Å². The average molecular weight is 347 g/mol. The number of halogens is 1. The number of thioether (sulfide) groups is 1. The van der Waals surface area contributed by atoms with E-state index in [0.717, 1.165) is 15.2 Å². The van der Waals surface area contributed by atoms with Crippen molar-refractivity contribution in [2.24, 2.45) is 0 Å². The van der Waals surface area contributed by atoms with E-state index in [2.05, 4.69) is 15.3 Å². The molecule has 0 radical (unpaired) electrons. The number of thiophene rings is 1. The number of benzene rings is 1. The van der Waals surface area contributed by atoms with Crippen LogP contribution in [0.4, 0.5) is 10.1 Å². The van der Waals surface area contributed by atoms with Crippen LogP contribution in [-0.4, -0.2) is 21.1 Å². The van der Waals surface area contributed by atoms with E-state index in [1.807, 2.05) is 11.4 Å². The minimum atomic E-state index is -0.364. The summed E-state index contributed by atoms with van der Waals surface area (Å²) in [6.07, 6.45) is 1.50. The molecule has 1 N–H and O–H groups in total. The number of carbonyl (C=O) groups is 1. The molecule has 23 heavy (non-hydrogen) atoms. The van der Waals surface area contributed by atoms with Gasteiger partial charge in [0.25, 0.3) is 0 Å². The predicted molar refractivity (Wildman–Crippen MR) is 92.5 cm³/mol. The van der Waals surface area contributed by atoms with Gasteiger partial charge in [0.1, 0.15) is 22.0 Å². The minimum absolute atomic E-state index is 0.194. The third-order valence-electron chi connectivity index (χ3n) is 3.32. The van der Waals surface area contributed by atoms with Crippen molar-refractivity contribution in [3.8, 4) is 0 Å². The van der Waals surface area contributed by atoms with Crippen LogP contribution in [0.3, 0.4) is 0 Å². The van der Waals surface area contributed by atoms with E-state index >= 15 is 0 Å². The minimum Gasteiger partial charge on any atom is -0.325 e. The Bertz CT molecular complexity index is 865. The molecule has 2 aromatic heterocycles. The normalized spacial score (nSPS) is 12.3. The van der Waals surface area contributed by atoms with Gasteiger partial charge >= 0.3 is 0 Å². The molecule has 0 fully saturated rings. The fraction of sp³-hybridized carbons (Fsp3) is 0.188. The Morgan fingerprint density at radius 1 is 1.35 bits per heavy atom. The molecule has 3 rings (SSSR count). The van der Waals surface area contributed by atoms with Crippen LogP contribution in [0.15, 0.2) is 41.0 Å². The molecule has 0 spiro atoms. The third-order valence-corrected chi connectivity index (χ3v) is 5.26. The molecule has 0 saturated carbocycles. The number of aromatic nitrogens is 2. The van der Waals surface area contributed by atoms with Crippen molar-refractivity contribution in [2.45, 2.75) is 24.1 Å². The number of rotatable bonds is 4. The Labute approximate surface area is 141 Å². The first-order valence-corrected chi connectivity index (χ1v) is 8.72. The smallest absolute Gasteiger partial charge is 0.237 e. The lowest BCUT2D eigenvalue weighted by atomic mass is 10.2. The summed E-state index contributed by atoms with van der Waals surface area (Å²) in [7, 11) is 0. The van der Waals surface area contributed by atoms with Gasteiger partial charge in [0.15, 0.2) is 0 Å². The molecule has 0 unspecified atom stereocenters. The molecule has 0 aliphatic rings. The number of amides is 1. The standard InChI is InChI=1S/C16H14FN3OS2/c1-9-3-4-11(7-13(9)17)20-14(21)10(2)23-16-12-5-6-22-15(12)18-8-19-16/h3-8,10H,1-2H3,(H,20,21)/t10-/m1/s1. The van der Waals surface area contributed by atoms with E-state index in [1.54, 1.807) is 26.0 Å². The first-order valence-electron chi connectivity index (χ1n) is 6.96. The number of carbonyl (C=O) groups excluding carboxylic acids is 1. The zero-order valence-electron chi connectivity index (χ0n) is 12.5. The lowest BCUT2D eigenvalue weighted by Crippen LogP contribution is -2.22. The number of fused-ring (bicyclic) bond motifs is 1. The van der Waals surface area contributed by atoms with Crippen molar-refractivity contribution in [2.75, 3.05) is 5.32 Å². The van der Waals surface area contributed by atoms with Crippen molar-refractivity contribution in [3.05, 3.63) is 47.4 Å². The maximum Gasteiger partial charge on any atom is 0.237 e. The SMILES string of the molecule is Cc1ccc(NC(=O)[C@@H](C)Sc2ncnc3sccc23)cc1F. The lowest BCUT2D eigenvalue weighted by molar-refractivity contribution is -0.115. The first kappa shape index (κ1) is 15.9. The Kier molecular flexibility index (Phi) is 4.58. The molecule has 118 valence electrons. The fourth-order valence-corrected chi connectivity index (χ4v) is 3.69. The first-order chi connectivity index (χ1) is 11.0. The summed E-state index contributed by atoms with van der Waals surface area (Å²) in [5.41, 5.74) is 1.00. The predicted octanol–water partition coefficient (Wildman–Crippen LogP) is 4.26. The topological polar surface area (TPSA) is 54.9 Å². The molecule has 1 atom stereocenters. The summed E-state index contributed by atoms with van der Waals surface area (Å²) < 4.78 is 13.5. The molecule has 1 amide bonds. The van der Waals surface area contributed by atoms with E-state index in [4.69, 9.17) is 0 Å². The molecule has 7 heteroatoms. The maximum atomic E-state index is 13.5. The average Bonchev–Trinajstić information content (AvgIpc) is 3.00. The van der Waals surface area contributed by atoms with Crippen LogP contribution in [0.5, 0.6) is 0 Å². The summed E-state index contributed by atoms with van der Waals surface area (Å²) in [6.45, 7) is 3.48. The maximum absolute atomic E-state index is 13.5. The third kappa shape index (κ3) is 3.51. The van der Waals surface area contributed by atoms with Crippen LogP contribution in [0.2, 0.25) is 0 Å². The molecule has 0 aliphatic heterocycles. The molecule has 3 aromatic rings. The van der Waals surface area contributed by atoms with Gasteiger partial charge in [-0.15, -0.1) is 11.3 Å². The van der Waals surface area contributed by atoms with Crippen molar-refractivity contribution in [1.29, 1.82) is 0 Å². The molecule has 1 aromatic carbocycles. The zero-order chi connectivity index (χ0) is 16.4. The Morgan fingerprint density at radius 2 is 2.17 bits per heavy atom. The van der Waals surface area contributed by atoms with Crippen molar-refractivity contribution in [1.82, 2.24) is 9.97 Å². The van der Waals surface area contributed by atoms with Gasteiger partial charge in [-0.05, 0) is 43.0 Å². The quantitative estimate of drug-likeness (QED) is 0.566. The molecule has 0 bridgehead atoms. The highest BCUT2D eigenvalue weighted by Gasteiger charge is 2.17. The van der Waals surface area contributed by atoms with Crippen LogP contribution in [0.1, 0.15) is 12.5 Å². The second kappa shape index (κ2) is 6.64.